The molecule has 0 saturated carbocycles. The Morgan fingerprint density at radius 1 is 1.10 bits per heavy atom. The maximum absolute atomic E-state index is 14.5. The molecular formula is C21H15ClFN5O. The van der Waals surface area contributed by atoms with Gasteiger partial charge in [0.1, 0.15) is 11.6 Å². The van der Waals surface area contributed by atoms with Gasteiger partial charge < -0.3 is 9.32 Å². The van der Waals surface area contributed by atoms with Crippen molar-refractivity contribution in [3.8, 4) is 11.4 Å². The summed E-state index contributed by atoms with van der Waals surface area (Å²) in [7, 11) is 1.88. The minimum absolute atomic E-state index is 0.350. The zero-order valence-corrected chi connectivity index (χ0v) is 16.1. The molecule has 0 fully saturated rings. The molecule has 0 spiro atoms. The van der Waals surface area contributed by atoms with Gasteiger partial charge in [0, 0.05) is 17.5 Å². The van der Waals surface area contributed by atoms with Crippen molar-refractivity contribution in [2.24, 2.45) is 0 Å². The summed E-state index contributed by atoms with van der Waals surface area (Å²) in [5.74, 6) is 1.32. The number of fused-ring (bicyclic) bond motifs is 3. The monoisotopic (exact) mass is 407 g/mol. The highest BCUT2D eigenvalue weighted by Gasteiger charge is 2.21. The van der Waals surface area contributed by atoms with E-state index in [9.17, 15) is 4.39 Å². The van der Waals surface area contributed by atoms with Crippen LogP contribution in [-0.4, -0.2) is 26.6 Å². The van der Waals surface area contributed by atoms with E-state index in [4.69, 9.17) is 21.0 Å². The average molecular weight is 408 g/mol. The third kappa shape index (κ3) is 3.00. The summed E-state index contributed by atoms with van der Waals surface area (Å²) >= 11 is 6.18. The molecule has 0 amide bonds. The first-order valence-electron chi connectivity index (χ1n) is 8.94. The van der Waals surface area contributed by atoms with Crippen molar-refractivity contribution >= 4 is 34.1 Å². The normalized spacial score (nSPS) is 11.4. The molecule has 29 heavy (non-hydrogen) atoms. The van der Waals surface area contributed by atoms with E-state index in [-0.39, 0.29) is 5.82 Å². The summed E-state index contributed by atoms with van der Waals surface area (Å²) < 4.78 is 21.8. The molecule has 2 aromatic carbocycles. The summed E-state index contributed by atoms with van der Waals surface area (Å²) in [6.07, 6.45) is 1.62. The number of hydrogen-bond acceptors (Lipinski definition) is 5. The second-order valence-corrected chi connectivity index (χ2v) is 7.11. The van der Waals surface area contributed by atoms with Gasteiger partial charge in [-0.25, -0.2) is 13.8 Å². The Balaban J connectivity index is 1.80. The predicted molar refractivity (Wildman–Crippen MR) is 110 cm³/mol. The Kier molecular flexibility index (Phi) is 4.17. The van der Waals surface area contributed by atoms with Crippen molar-refractivity contribution in [3.05, 3.63) is 77.5 Å². The van der Waals surface area contributed by atoms with Crippen LogP contribution in [-0.2, 0) is 6.54 Å². The van der Waals surface area contributed by atoms with Crippen molar-refractivity contribution in [2.45, 2.75) is 6.54 Å². The van der Waals surface area contributed by atoms with Gasteiger partial charge in [0.15, 0.2) is 11.5 Å². The van der Waals surface area contributed by atoms with Gasteiger partial charge in [0.05, 0.1) is 23.9 Å². The number of nitrogens with zero attached hydrogens (tertiary/aromatic N) is 5. The molecule has 8 heteroatoms. The summed E-state index contributed by atoms with van der Waals surface area (Å²) in [4.78, 5) is 6.70. The van der Waals surface area contributed by atoms with Gasteiger partial charge in [-0.2, -0.15) is 0 Å². The van der Waals surface area contributed by atoms with Gasteiger partial charge in [-0.1, -0.05) is 23.7 Å². The predicted octanol–water partition coefficient (Wildman–Crippen LogP) is 4.97. The van der Waals surface area contributed by atoms with E-state index >= 15 is 0 Å². The first-order valence-corrected chi connectivity index (χ1v) is 9.32. The fourth-order valence-corrected chi connectivity index (χ4v) is 3.54. The lowest BCUT2D eigenvalue weighted by Gasteiger charge is -2.19. The van der Waals surface area contributed by atoms with E-state index in [0.717, 1.165) is 11.1 Å². The van der Waals surface area contributed by atoms with Crippen LogP contribution in [0.2, 0.25) is 5.02 Å². The standard InChI is InChI=1S/C21H15ClFN5O/c1-27(12-14-5-4-10-29-14)21-24-18-11-13(22)8-9-16(18)20-26-25-19(28(20)21)15-6-2-3-7-17(15)23/h2-11H,12H2,1H3. The molecule has 0 aliphatic rings. The van der Waals surface area contributed by atoms with Gasteiger partial charge in [-0.05, 0) is 42.5 Å². The van der Waals surface area contributed by atoms with Gasteiger partial charge in [0.25, 0.3) is 0 Å². The lowest BCUT2D eigenvalue weighted by molar-refractivity contribution is 0.506. The van der Waals surface area contributed by atoms with Crippen LogP contribution in [0.3, 0.4) is 0 Å². The molecule has 0 saturated heterocycles. The molecule has 0 aliphatic carbocycles. The second kappa shape index (κ2) is 6.86. The van der Waals surface area contributed by atoms with Gasteiger partial charge in [-0.3, -0.25) is 0 Å². The van der Waals surface area contributed by atoms with Gasteiger partial charge >= 0.3 is 0 Å². The van der Waals surface area contributed by atoms with Crippen LogP contribution in [0.4, 0.5) is 10.3 Å². The number of benzene rings is 2. The SMILES string of the molecule is CN(Cc1ccco1)c1nc2cc(Cl)ccc2c2nnc(-c3ccccc3F)n12. The lowest BCUT2D eigenvalue weighted by atomic mass is 10.2. The van der Waals surface area contributed by atoms with Crippen molar-refractivity contribution in [1.82, 2.24) is 19.6 Å². The summed E-state index contributed by atoms with van der Waals surface area (Å²) in [5.41, 5.74) is 1.60. The average Bonchev–Trinajstić information content (AvgIpc) is 3.37. The number of aromatic nitrogens is 4. The highest BCUT2D eigenvalue weighted by molar-refractivity contribution is 6.31. The van der Waals surface area contributed by atoms with Crippen molar-refractivity contribution in [3.63, 3.8) is 0 Å². The van der Waals surface area contributed by atoms with Crippen LogP contribution in [0.15, 0.2) is 65.3 Å². The zero-order valence-electron chi connectivity index (χ0n) is 15.4. The topological polar surface area (TPSA) is 59.5 Å². The Morgan fingerprint density at radius 3 is 2.76 bits per heavy atom. The molecule has 0 aliphatic heterocycles. The Labute approximate surface area is 170 Å². The Hall–Kier alpha value is -3.45. The molecule has 5 rings (SSSR count). The van der Waals surface area contributed by atoms with E-state index in [2.05, 4.69) is 10.2 Å². The molecule has 0 radical (unpaired) electrons. The molecule has 0 atom stereocenters. The minimum atomic E-state index is -0.377. The maximum atomic E-state index is 14.5. The third-order valence-corrected chi connectivity index (χ3v) is 4.95. The molecule has 3 aromatic heterocycles. The zero-order chi connectivity index (χ0) is 20.0. The molecule has 0 unspecified atom stereocenters. The molecule has 6 nitrogen and oxygen atoms in total. The summed E-state index contributed by atoms with van der Waals surface area (Å²) in [6.45, 7) is 0.468. The van der Waals surface area contributed by atoms with E-state index < -0.39 is 0 Å². The largest absolute Gasteiger partial charge is 0.467 e. The van der Waals surface area contributed by atoms with Crippen LogP contribution < -0.4 is 4.90 Å². The van der Waals surface area contributed by atoms with E-state index in [1.54, 1.807) is 41.0 Å². The number of furan rings is 1. The third-order valence-electron chi connectivity index (χ3n) is 4.71. The molecule has 5 aromatic rings. The molecule has 144 valence electrons. The number of halogens is 2. The van der Waals surface area contributed by atoms with Gasteiger partial charge in [-0.15, -0.1) is 10.2 Å². The first-order chi connectivity index (χ1) is 14.1. The van der Waals surface area contributed by atoms with Crippen molar-refractivity contribution in [2.75, 3.05) is 11.9 Å². The minimum Gasteiger partial charge on any atom is -0.467 e. The first kappa shape index (κ1) is 17.6. The smallest absolute Gasteiger partial charge is 0.213 e. The van der Waals surface area contributed by atoms with Crippen LogP contribution in [0, 0.1) is 5.82 Å². The fourth-order valence-electron chi connectivity index (χ4n) is 3.37. The Bertz CT molecular complexity index is 1330. The highest BCUT2D eigenvalue weighted by Crippen LogP contribution is 2.30. The maximum Gasteiger partial charge on any atom is 0.213 e. The quantitative estimate of drug-likeness (QED) is 0.421. The van der Waals surface area contributed by atoms with Crippen LogP contribution in [0.5, 0.6) is 0 Å². The molecular weight excluding hydrogens is 393 g/mol. The highest BCUT2D eigenvalue weighted by atomic mass is 35.5. The van der Waals surface area contributed by atoms with Crippen molar-refractivity contribution in [1.29, 1.82) is 0 Å². The lowest BCUT2D eigenvalue weighted by Crippen LogP contribution is -2.21. The summed E-state index contributed by atoms with van der Waals surface area (Å²) in [5, 5.41) is 9.99. The molecule has 0 bridgehead atoms. The molecule has 0 N–H and O–H groups in total. The molecule has 3 heterocycles. The van der Waals surface area contributed by atoms with E-state index in [1.807, 2.05) is 30.1 Å². The number of rotatable bonds is 4. The second-order valence-electron chi connectivity index (χ2n) is 6.67. The van der Waals surface area contributed by atoms with Crippen LogP contribution in [0.1, 0.15) is 5.76 Å². The Morgan fingerprint density at radius 2 is 1.97 bits per heavy atom. The van der Waals surface area contributed by atoms with E-state index in [1.165, 1.54) is 6.07 Å². The van der Waals surface area contributed by atoms with Crippen molar-refractivity contribution < 1.29 is 8.81 Å². The number of anilines is 1. The summed E-state index contributed by atoms with van der Waals surface area (Å²) in [6, 6.07) is 15.6. The number of hydrogen-bond donors (Lipinski definition) is 0. The van der Waals surface area contributed by atoms with Crippen LogP contribution >= 0.6 is 11.6 Å². The van der Waals surface area contributed by atoms with Crippen LogP contribution in [0.25, 0.3) is 27.9 Å². The van der Waals surface area contributed by atoms with Gasteiger partial charge in [0.2, 0.25) is 5.95 Å². The fraction of sp³-hybridized carbons (Fsp3) is 0.0952. The van der Waals surface area contributed by atoms with E-state index in [0.29, 0.717) is 40.1 Å².